The maximum Gasteiger partial charge on any atom is 0.298 e. The summed E-state index contributed by atoms with van der Waals surface area (Å²) in [5, 5.41) is 18.9. The molecule has 4 unspecified atom stereocenters. The fourth-order valence-electron chi connectivity index (χ4n) is 2.56. The second-order valence-corrected chi connectivity index (χ2v) is 5.41. The molecule has 0 aromatic carbocycles. The van der Waals surface area contributed by atoms with Gasteiger partial charge in [-0.05, 0) is 6.42 Å². The van der Waals surface area contributed by atoms with Crippen LogP contribution in [0.25, 0.3) is 11.2 Å². The quantitative estimate of drug-likeness (QED) is 0.544. The Morgan fingerprint density at radius 1 is 1.50 bits per heavy atom. The first kappa shape index (κ1) is 16.6. The molecule has 0 bridgehead atoms. The van der Waals surface area contributed by atoms with Gasteiger partial charge in [-0.2, -0.15) is 4.98 Å². The number of anilines is 1. The average Bonchev–Trinajstić information content (AvgIpc) is 3.03. The molecule has 2 aromatic rings. The fraction of sp³-hybridized carbons (Fsp3) is 0.615. The molecule has 2 aromatic heterocycles. The van der Waals surface area contributed by atoms with Gasteiger partial charge in [0.05, 0.1) is 13.2 Å². The van der Waals surface area contributed by atoms with E-state index in [1.54, 1.807) is 0 Å². The topological polar surface area (TPSA) is 149 Å². The van der Waals surface area contributed by atoms with Crippen LogP contribution in [0, 0.1) is 0 Å². The monoisotopic (exact) mass is 343 g/mol. The Kier molecular flexibility index (Phi) is 4.39. The second-order valence-electron chi connectivity index (χ2n) is 5.41. The van der Waals surface area contributed by atoms with Crippen LogP contribution >= 0.6 is 0 Å². The van der Waals surface area contributed by atoms with Crippen LogP contribution in [-0.4, -0.2) is 61.3 Å². The van der Waals surface area contributed by atoms with Crippen LogP contribution in [0.2, 0.25) is 0 Å². The van der Waals surface area contributed by atoms with E-state index in [0.717, 1.165) is 4.57 Å². The third-order valence-electron chi connectivity index (χ3n) is 3.73. The number of aliphatic hydroxyl groups is 2. The minimum atomic E-state index is -1.87. The molecule has 5 N–H and O–H groups in total. The zero-order valence-electron chi connectivity index (χ0n) is 12.8. The van der Waals surface area contributed by atoms with Gasteiger partial charge in [0.1, 0.15) is 12.2 Å². The summed E-state index contributed by atoms with van der Waals surface area (Å²) in [5.41, 5.74) is 5.05. The summed E-state index contributed by atoms with van der Waals surface area (Å²) in [6.45, 7) is 1.65. The van der Waals surface area contributed by atoms with Crippen LogP contribution in [0.15, 0.2) is 4.79 Å². The highest BCUT2D eigenvalue weighted by molar-refractivity contribution is 5.73. The Hall–Kier alpha value is -2.24. The van der Waals surface area contributed by atoms with Crippen molar-refractivity contribution in [3.63, 3.8) is 0 Å². The van der Waals surface area contributed by atoms with Crippen molar-refractivity contribution >= 4 is 17.1 Å². The SMILES string of the molecule is CCCOc1nc2c(nc(N)n2C2OC(CO)C(O)C2F)c(=O)[nH]1. The van der Waals surface area contributed by atoms with Gasteiger partial charge in [-0.15, -0.1) is 0 Å². The molecule has 132 valence electrons. The number of aliphatic hydroxyl groups excluding tert-OH is 2. The number of nitrogens with two attached hydrogens (primary N) is 1. The lowest BCUT2D eigenvalue weighted by atomic mass is 10.1. The number of fused-ring (bicyclic) bond motifs is 1. The van der Waals surface area contributed by atoms with E-state index >= 15 is 0 Å². The zero-order valence-corrected chi connectivity index (χ0v) is 12.8. The molecule has 24 heavy (non-hydrogen) atoms. The highest BCUT2D eigenvalue weighted by Crippen LogP contribution is 2.35. The number of H-pyrrole nitrogens is 1. The van der Waals surface area contributed by atoms with Gasteiger partial charge in [-0.3, -0.25) is 14.3 Å². The number of nitrogens with one attached hydrogen (secondary N) is 1. The summed E-state index contributed by atoms with van der Waals surface area (Å²) >= 11 is 0. The first-order valence-electron chi connectivity index (χ1n) is 7.46. The lowest BCUT2D eigenvalue weighted by molar-refractivity contribution is -0.0451. The first-order chi connectivity index (χ1) is 11.5. The lowest BCUT2D eigenvalue weighted by Gasteiger charge is -2.16. The van der Waals surface area contributed by atoms with Gasteiger partial charge >= 0.3 is 0 Å². The van der Waals surface area contributed by atoms with Crippen LogP contribution in [-0.2, 0) is 4.74 Å². The normalized spacial score (nSPS) is 27.0. The minimum absolute atomic E-state index is 0.0270. The van der Waals surface area contributed by atoms with Gasteiger partial charge in [0.15, 0.2) is 23.6 Å². The van der Waals surface area contributed by atoms with E-state index < -0.39 is 36.8 Å². The van der Waals surface area contributed by atoms with E-state index in [1.165, 1.54) is 0 Å². The number of hydrogen-bond acceptors (Lipinski definition) is 8. The summed E-state index contributed by atoms with van der Waals surface area (Å²) in [5.74, 6) is -0.200. The number of ether oxygens (including phenoxy) is 2. The predicted molar refractivity (Wildman–Crippen MR) is 80.2 cm³/mol. The van der Waals surface area contributed by atoms with E-state index in [-0.39, 0.29) is 23.1 Å². The zero-order chi connectivity index (χ0) is 17.4. The van der Waals surface area contributed by atoms with Crippen molar-refractivity contribution in [2.45, 2.75) is 38.0 Å². The van der Waals surface area contributed by atoms with Gasteiger partial charge in [-0.1, -0.05) is 6.92 Å². The molecular weight excluding hydrogens is 325 g/mol. The van der Waals surface area contributed by atoms with E-state index in [0.29, 0.717) is 13.0 Å². The minimum Gasteiger partial charge on any atom is -0.465 e. The summed E-state index contributed by atoms with van der Waals surface area (Å²) < 4.78 is 26.0. The van der Waals surface area contributed by atoms with Crippen LogP contribution < -0.4 is 16.0 Å². The van der Waals surface area contributed by atoms with Gasteiger partial charge in [-0.25, -0.2) is 9.37 Å². The van der Waals surface area contributed by atoms with Crippen molar-refractivity contribution < 1.29 is 24.1 Å². The van der Waals surface area contributed by atoms with Gasteiger partial charge in [0, 0.05) is 0 Å². The van der Waals surface area contributed by atoms with Crippen molar-refractivity contribution in [1.82, 2.24) is 19.5 Å². The molecular formula is C13H18FN5O5. The maximum absolute atomic E-state index is 14.4. The third-order valence-corrected chi connectivity index (χ3v) is 3.73. The molecule has 4 atom stereocenters. The Morgan fingerprint density at radius 2 is 2.25 bits per heavy atom. The van der Waals surface area contributed by atoms with Crippen LogP contribution in [0.4, 0.5) is 10.3 Å². The van der Waals surface area contributed by atoms with Gasteiger partial charge < -0.3 is 25.4 Å². The predicted octanol–water partition coefficient (Wildman–Crippen LogP) is -0.921. The molecule has 1 aliphatic heterocycles. The number of nitrogen functional groups attached to an aromatic ring is 1. The summed E-state index contributed by atoms with van der Waals surface area (Å²) in [4.78, 5) is 22.5. The maximum atomic E-state index is 14.4. The van der Waals surface area contributed by atoms with E-state index in [4.69, 9.17) is 20.3 Å². The molecule has 3 heterocycles. The number of hydrogen-bond donors (Lipinski definition) is 4. The third kappa shape index (κ3) is 2.60. The van der Waals surface area contributed by atoms with E-state index in [9.17, 15) is 14.3 Å². The molecule has 3 rings (SSSR count). The fourth-order valence-corrected chi connectivity index (χ4v) is 2.56. The molecule has 0 amide bonds. The molecule has 1 fully saturated rings. The molecule has 0 radical (unpaired) electrons. The van der Waals surface area contributed by atoms with E-state index in [1.807, 2.05) is 6.92 Å². The van der Waals surface area contributed by atoms with Crippen molar-refractivity contribution in [1.29, 1.82) is 0 Å². The molecule has 1 saturated heterocycles. The molecule has 10 nitrogen and oxygen atoms in total. The average molecular weight is 343 g/mol. The Morgan fingerprint density at radius 3 is 2.88 bits per heavy atom. The van der Waals surface area contributed by atoms with Crippen molar-refractivity contribution in [3.05, 3.63) is 10.4 Å². The molecule has 0 saturated carbocycles. The number of halogens is 1. The number of rotatable bonds is 5. The van der Waals surface area contributed by atoms with Crippen molar-refractivity contribution in [3.8, 4) is 6.01 Å². The van der Waals surface area contributed by atoms with Crippen LogP contribution in [0.1, 0.15) is 19.6 Å². The van der Waals surface area contributed by atoms with Gasteiger partial charge in [0.25, 0.3) is 11.6 Å². The number of aromatic nitrogens is 4. The highest BCUT2D eigenvalue weighted by Gasteiger charge is 2.46. The van der Waals surface area contributed by atoms with Crippen molar-refractivity contribution in [2.75, 3.05) is 18.9 Å². The Labute approximate surface area is 135 Å². The van der Waals surface area contributed by atoms with Crippen LogP contribution in [0.5, 0.6) is 6.01 Å². The molecule has 1 aliphatic rings. The Balaban J connectivity index is 2.09. The summed E-state index contributed by atoms with van der Waals surface area (Å²) in [6, 6.07) is -0.0526. The number of alkyl halides is 1. The number of aromatic amines is 1. The number of imidazole rings is 1. The smallest absolute Gasteiger partial charge is 0.298 e. The highest BCUT2D eigenvalue weighted by atomic mass is 19.1. The summed E-state index contributed by atoms with van der Waals surface area (Å²) in [7, 11) is 0. The lowest BCUT2D eigenvalue weighted by Crippen LogP contribution is -2.30. The van der Waals surface area contributed by atoms with Crippen LogP contribution in [0.3, 0.4) is 0 Å². The molecule has 0 aliphatic carbocycles. The second kappa shape index (κ2) is 6.34. The Bertz CT molecular complexity index is 793. The van der Waals surface area contributed by atoms with Crippen molar-refractivity contribution in [2.24, 2.45) is 0 Å². The standard InChI is InChI=1S/C13H18FN5O5/c1-2-3-23-13-17-9-7(10(22)18-13)16-12(15)19(9)11-6(14)8(21)5(4-20)24-11/h5-6,8,11,20-21H,2-4H2,1H3,(H2,15,16)(H,17,18,22). The largest absolute Gasteiger partial charge is 0.465 e. The summed E-state index contributed by atoms with van der Waals surface area (Å²) in [6.07, 6.45) is -5.18. The van der Waals surface area contributed by atoms with Gasteiger partial charge in [0.2, 0.25) is 5.95 Å². The number of nitrogens with zero attached hydrogens (tertiary/aromatic N) is 3. The molecule has 11 heteroatoms. The molecule has 0 spiro atoms. The van der Waals surface area contributed by atoms with E-state index in [2.05, 4.69) is 15.0 Å². The first-order valence-corrected chi connectivity index (χ1v) is 7.46.